The minimum absolute atomic E-state index is 0.524. The molecule has 3 unspecified atom stereocenters. The van der Waals surface area contributed by atoms with Crippen LogP contribution in [0.4, 0.5) is 0 Å². The molecule has 0 spiro atoms. The lowest BCUT2D eigenvalue weighted by atomic mass is 9.95. The van der Waals surface area contributed by atoms with E-state index in [4.69, 9.17) is 4.74 Å². The van der Waals surface area contributed by atoms with Crippen LogP contribution >= 0.6 is 0 Å². The second kappa shape index (κ2) is 5.51. The Labute approximate surface area is 115 Å². The standard InChI is InChI=1S/C16H24N2O/c1-3-13-11-18(12(2)10-17-13)15-8-9-19-16-7-5-4-6-14(15)16/h4-7,12-13,15,17H,3,8-11H2,1-2H3. The van der Waals surface area contributed by atoms with Crippen molar-refractivity contribution in [1.29, 1.82) is 0 Å². The smallest absolute Gasteiger partial charge is 0.124 e. The van der Waals surface area contributed by atoms with Crippen LogP contribution in [0.5, 0.6) is 5.75 Å². The highest BCUT2D eigenvalue weighted by atomic mass is 16.5. The molecule has 0 aromatic heterocycles. The van der Waals surface area contributed by atoms with Crippen LogP contribution in [-0.2, 0) is 0 Å². The number of nitrogens with zero attached hydrogens (tertiary/aromatic N) is 1. The molecule has 0 radical (unpaired) electrons. The first kappa shape index (κ1) is 12.9. The SMILES string of the molecule is CCC1CN(C2CCOc3ccccc32)C(C)CN1. The minimum atomic E-state index is 0.524. The minimum Gasteiger partial charge on any atom is -0.493 e. The van der Waals surface area contributed by atoms with Gasteiger partial charge < -0.3 is 10.1 Å². The molecule has 104 valence electrons. The molecular weight excluding hydrogens is 236 g/mol. The van der Waals surface area contributed by atoms with Crippen molar-refractivity contribution < 1.29 is 4.74 Å². The predicted octanol–water partition coefficient (Wildman–Crippen LogP) is 2.58. The van der Waals surface area contributed by atoms with Crippen LogP contribution in [0.2, 0.25) is 0 Å². The molecule has 0 aliphatic carbocycles. The molecule has 1 fully saturated rings. The lowest BCUT2D eigenvalue weighted by Crippen LogP contribution is -2.56. The van der Waals surface area contributed by atoms with Gasteiger partial charge in [0.2, 0.25) is 0 Å². The molecule has 0 amide bonds. The summed E-state index contributed by atoms with van der Waals surface area (Å²) >= 11 is 0. The van der Waals surface area contributed by atoms with Gasteiger partial charge in [0.05, 0.1) is 6.61 Å². The average molecular weight is 260 g/mol. The third kappa shape index (κ3) is 2.49. The molecule has 3 rings (SSSR count). The maximum absolute atomic E-state index is 5.79. The first-order chi connectivity index (χ1) is 9.29. The van der Waals surface area contributed by atoms with E-state index >= 15 is 0 Å². The van der Waals surface area contributed by atoms with Crippen LogP contribution in [0.15, 0.2) is 24.3 Å². The number of hydrogen-bond acceptors (Lipinski definition) is 3. The van der Waals surface area contributed by atoms with Crippen molar-refractivity contribution in [3.63, 3.8) is 0 Å². The highest BCUT2D eigenvalue weighted by Gasteiger charge is 2.33. The van der Waals surface area contributed by atoms with Crippen LogP contribution in [0.25, 0.3) is 0 Å². The Balaban J connectivity index is 1.85. The number of fused-ring (bicyclic) bond motifs is 1. The zero-order valence-corrected chi connectivity index (χ0v) is 11.9. The molecule has 1 aromatic carbocycles. The van der Waals surface area contributed by atoms with Gasteiger partial charge in [0, 0.05) is 43.2 Å². The molecule has 19 heavy (non-hydrogen) atoms. The van der Waals surface area contributed by atoms with E-state index in [2.05, 4.69) is 48.3 Å². The largest absolute Gasteiger partial charge is 0.493 e. The van der Waals surface area contributed by atoms with Crippen molar-refractivity contribution in [1.82, 2.24) is 10.2 Å². The average Bonchev–Trinajstić information content (AvgIpc) is 2.47. The summed E-state index contributed by atoms with van der Waals surface area (Å²) in [5.74, 6) is 1.08. The monoisotopic (exact) mass is 260 g/mol. The number of piperazine rings is 1. The Morgan fingerprint density at radius 3 is 3.05 bits per heavy atom. The van der Waals surface area contributed by atoms with Crippen molar-refractivity contribution >= 4 is 0 Å². The van der Waals surface area contributed by atoms with Crippen molar-refractivity contribution in [3.05, 3.63) is 29.8 Å². The van der Waals surface area contributed by atoms with Crippen LogP contribution in [-0.4, -0.2) is 36.7 Å². The van der Waals surface area contributed by atoms with Gasteiger partial charge in [0.1, 0.15) is 5.75 Å². The van der Waals surface area contributed by atoms with E-state index in [0.29, 0.717) is 18.1 Å². The van der Waals surface area contributed by atoms with Gasteiger partial charge in [-0.15, -0.1) is 0 Å². The summed E-state index contributed by atoms with van der Waals surface area (Å²) in [4.78, 5) is 2.67. The van der Waals surface area contributed by atoms with Crippen molar-refractivity contribution in [2.45, 2.75) is 44.8 Å². The van der Waals surface area contributed by atoms with Gasteiger partial charge in [0.15, 0.2) is 0 Å². The first-order valence-electron chi connectivity index (χ1n) is 7.50. The predicted molar refractivity (Wildman–Crippen MR) is 77.5 cm³/mol. The fourth-order valence-corrected chi connectivity index (χ4v) is 3.33. The molecule has 2 heterocycles. The molecule has 0 bridgehead atoms. The van der Waals surface area contributed by atoms with Crippen LogP contribution in [0.1, 0.15) is 38.3 Å². The highest BCUT2D eigenvalue weighted by molar-refractivity contribution is 5.37. The highest BCUT2D eigenvalue weighted by Crippen LogP contribution is 2.37. The van der Waals surface area contributed by atoms with Crippen LogP contribution in [0, 0.1) is 0 Å². The zero-order valence-electron chi connectivity index (χ0n) is 11.9. The van der Waals surface area contributed by atoms with E-state index in [1.54, 1.807) is 0 Å². The van der Waals surface area contributed by atoms with E-state index < -0.39 is 0 Å². The summed E-state index contributed by atoms with van der Waals surface area (Å²) < 4.78 is 5.79. The molecule has 3 nitrogen and oxygen atoms in total. The normalized spacial score (nSPS) is 31.6. The summed E-state index contributed by atoms with van der Waals surface area (Å²) in [5.41, 5.74) is 1.37. The molecule has 1 aromatic rings. The third-order valence-electron chi connectivity index (χ3n) is 4.52. The molecular formula is C16H24N2O. The summed E-state index contributed by atoms with van der Waals surface area (Å²) in [6.45, 7) is 7.69. The Morgan fingerprint density at radius 2 is 2.21 bits per heavy atom. The summed E-state index contributed by atoms with van der Waals surface area (Å²) in [6.07, 6.45) is 2.31. The Bertz CT molecular complexity index is 435. The number of nitrogens with one attached hydrogen (secondary N) is 1. The van der Waals surface area contributed by atoms with Crippen LogP contribution in [0.3, 0.4) is 0 Å². The van der Waals surface area contributed by atoms with Gasteiger partial charge >= 0.3 is 0 Å². The zero-order chi connectivity index (χ0) is 13.2. The number of ether oxygens (including phenoxy) is 1. The lowest BCUT2D eigenvalue weighted by Gasteiger charge is -2.45. The molecule has 3 atom stereocenters. The van der Waals surface area contributed by atoms with E-state index in [-0.39, 0.29) is 0 Å². The fourth-order valence-electron chi connectivity index (χ4n) is 3.33. The molecule has 1 N–H and O–H groups in total. The van der Waals surface area contributed by atoms with E-state index in [1.165, 1.54) is 12.0 Å². The fraction of sp³-hybridized carbons (Fsp3) is 0.625. The summed E-state index contributed by atoms with van der Waals surface area (Å²) in [7, 11) is 0. The van der Waals surface area contributed by atoms with E-state index in [1.807, 2.05) is 0 Å². The number of para-hydroxylation sites is 1. The number of benzene rings is 1. The second-order valence-corrected chi connectivity index (χ2v) is 5.75. The molecule has 0 saturated carbocycles. The van der Waals surface area contributed by atoms with Gasteiger partial charge in [-0.05, 0) is 19.4 Å². The van der Waals surface area contributed by atoms with Gasteiger partial charge in [-0.25, -0.2) is 0 Å². The maximum Gasteiger partial charge on any atom is 0.124 e. The van der Waals surface area contributed by atoms with Gasteiger partial charge in [0.25, 0.3) is 0 Å². The van der Waals surface area contributed by atoms with E-state index in [9.17, 15) is 0 Å². The molecule has 1 saturated heterocycles. The molecule has 2 aliphatic heterocycles. The van der Waals surface area contributed by atoms with Crippen molar-refractivity contribution in [2.75, 3.05) is 19.7 Å². The third-order valence-corrected chi connectivity index (χ3v) is 4.52. The second-order valence-electron chi connectivity index (χ2n) is 5.75. The quantitative estimate of drug-likeness (QED) is 0.884. The van der Waals surface area contributed by atoms with Crippen molar-refractivity contribution in [2.24, 2.45) is 0 Å². The van der Waals surface area contributed by atoms with Gasteiger partial charge in [-0.2, -0.15) is 0 Å². The Hall–Kier alpha value is -1.06. The molecule has 2 aliphatic rings. The Morgan fingerprint density at radius 1 is 1.37 bits per heavy atom. The summed E-state index contributed by atoms with van der Waals surface area (Å²) in [6, 6.07) is 10.3. The number of rotatable bonds is 2. The van der Waals surface area contributed by atoms with Gasteiger partial charge in [-0.1, -0.05) is 25.1 Å². The molecule has 3 heteroatoms. The van der Waals surface area contributed by atoms with Gasteiger partial charge in [-0.3, -0.25) is 4.90 Å². The Kier molecular flexibility index (Phi) is 3.76. The van der Waals surface area contributed by atoms with Crippen LogP contribution < -0.4 is 10.1 Å². The summed E-state index contributed by atoms with van der Waals surface area (Å²) in [5, 5.41) is 3.64. The van der Waals surface area contributed by atoms with E-state index in [0.717, 1.165) is 31.9 Å². The lowest BCUT2D eigenvalue weighted by molar-refractivity contribution is 0.0644. The number of hydrogen-bond donors (Lipinski definition) is 1. The van der Waals surface area contributed by atoms with Crippen molar-refractivity contribution in [3.8, 4) is 5.75 Å². The first-order valence-corrected chi connectivity index (χ1v) is 7.50. The maximum atomic E-state index is 5.79. The topological polar surface area (TPSA) is 24.5 Å².